The molecule has 128 valence electrons. The van der Waals surface area contributed by atoms with Gasteiger partial charge in [-0.05, 0) is 44.0 Å². The summed E-state index contributed by atoms with van der Waals surface area (Å²) in [6.45, 7) is 2.83. The van der Waals surface area contributed by atoms with Crippen LogP contribution in [-0.4, -0.2) is 39.4 Å². The van der Waals surface area contributed by atoms with Gasteiger partial charge in [-0.2, -0.15) is 5.10 Å². The van der Waals surface area contributed by atoms with Crippen LogP contribution in [0.5, 0.6) is 5.75 Å². The summed E-state index contributed by atoms with van der Waals surface area (Å²) in [4.78, 5) is 8.54. The third-order valence-corrected chi connectivity index (χ3v) is 4.49. The van der Waals surface area contributed by atoms with E-state index < -0.39 is 0 Å². The number of ether oxygens (including phenoxy) is 1. The van der Waals surface area contributed by atoms with Gasteiger partial charge in [0.25, 0.3) is 0 Å². The molecule has 1 aromatic carbocycles. The number of para-hydroxylation sites is 1. The smallest absolute Gasteiger partial charge is 0.163 e. The molecule has 0 atom stereocenters. The minimum absolute atomic E-state index is 0.585. The quantitative estimate of drug-likeness (QED) is 0.777. The molecule has 0 radical (unpaired) electrons. The summed E-state index contributed by atoms with van der Waals surface area (Å²) in [5.74, 6) is 1.30. The molecule has 2 aromatic heterocycles. The van der Waals surface area contributed by atoms with Crippen molar-refractivity contribution in [1.82, 2.24) is 25.1 Å². The van der Waals surface area contributed by atoms with E-state index in [0.717, 1.165) is 42.9 Å². The van der Waals surface area contributed by atoms with Crippen molar-refractivity contribution in [2.75, 3.05) is 19.7 Å². The summed E-state index contributed by atoms with van der Waals surface area (Å²) in [6, 6.07) is 10.0. The van der Waals surface area contributed by atoms with Crippen molar-refractivity contribution in [2.24, 2.45) is 5.92 Å². The topological polar surface area (TPSA) is 64.9 Å². The van der Waals surface area contributed by atoms with Gasteiger partial charge in [0.1, 0.15) is 12.0 Å². The normalized spacial score (nSPS) is 15.2. The highest BCUT2D eigenvalue weighted by atomic mass is 16.5. The Morgan fingerprint density at radius 2 is 1.96 bits per heavy atom. The van der Waals surface area contributed by atoms with E-state index in [1.165, 1.54) is 0 Å². The number of hydrogen-bond acceptors (Lipinski definition) is 5. The van der Waals surface area contributed by atoms with E-state index in [1.54, 1.807) is 12.5 Å². The average Bonchev–Trinajstić information content (AvgIpc) is 3.18. The predicted octanol–water partition coefficient (Wildman–Crippen LogP) is 2.71. The number of hydrogen-bond donors (Lipinski definition) is 1. The molecule has 6 nitrogen and oxygen atoms in total. The summed E-state index contributed by atoms with van der Waals surface area (Å²) in [5, 5.41) is 7.82. The van der Waals surface area contributed by atoms with Crippen LogP contribution in [0.3, 0.4) is 0 Å². The number of piperidine rings is 1. The summed E-state index contributed by atoms with van der Waals surface area (Å²) < 4.78 is 7.90. The van der Waals surface area contributed by atoms with E-state index >= 15 is 0 Å². The maximum absolute atomic E-state index is 6.06. The van der Waals surface area contributed by atoms with Gasteiger partial charge in [-0.1, -0.05) is 18.2 Å². The molecule has 0 unspecified atom stereocenters. The SMILES string of the molecule is c1ccc(-n2cc(-c3ncncc3OCC3CCNCC3)cn2)cc1. The zero-order chi connectivity index (χ0) is 16.9. The molecule has 0 amide bonds. The molecule has 4 rings (SSSR count). The Bertz CT molecular complexity index is 811. The molecule has 0 saturated carbocycles. The van der Waals surface area contributed by atoms with Crippen molar-refractivity contribution in [1.29, 1.82) is 0 Å². The molecule has 25 heavy (non-hydrogen) atoms. The first-order valence-corrected chi connectivity index (χ1v) is 8.64. The molecule has 6 heteroatoms. The zero-order valence-electron chi connectivity index (χ0n) is 14.0. The van der Waals surface area contributed by atoms with Crippen molar-refractivity contribution >= 4 is 0 Å². The van der Waals surface area contributed by atoms with Gasteiger partial charge in [-0.3, -0.25) is 0 Å². The second-order valence-corrected chi connectivity index (χ2v) is 6.25. The molecule has 1 saturated heterocycles. The van der Waals surface area contributed by atoms with E-state index in [-0.39, 0.29) is 0 Å². The van der Waals surface area contributed by atoms with Crippen LogP contribution in [0.15, 0.2) is 55.2 Å². The van der Waals surface area contributed by atoms with Crippen LogP contribution in [0, 0.1) is 5.92 Å². The summed E-state index contributed by atoms with van der Waals surface area (Å²) in [5.41, 5.74) is 2.72. The highest BCUT2D eigenvalue weighted by molar-refractivity contribution is 5.64. The largest absolute Gasteiger partial charge is 0.489 e. The standard InChI is InChI=1S/C19H21N5O/c1-2-4-17(5-3-1)24-12-16(10-23-24)19-18(11-21-14-22-19)25-13-15-6-8-20-9-7-15/h1-5,10-12,14-15,20H,6-9,13H2. The lowest BCUT2D eigenvalue weighted by molar-refractivity contribution is 0.215. The fourth-order valence-electron chi connectivity index (χ4n) is 3.06. The number of nitrogens with zero attached hydrogens (tertiary/aromatic N) is 4. The highest BCUT2D eigenvalue weighted by Crippen LogP contribution is 2.28. The van der Waals surface area contributed by atoms with Gasteiger partial charge >= 0.3 is 0 Å². The van der Waals surface area contributed by atoms with Crippen molar-refractivity contribution in [3.8, 4) is 22.7 Å². The molecule has 0 spiro atoms. The highest BCUT2D eigenvalue weighted by Gasteiger charge is 2.16. The predicted molar refractivity (Wildman–Crippen MR) is 95.7 cm³/mol. The maximum Gasteiger partial charge on any atom is 0.163 e. The Balaban J connectivity index is 1.53. The number of rotatable bonds is 5. The molecular weight excluding hydrogens is 314 g/mol. The fourth-order valence-corrected chi connectivity index (χ4v) is 3.06. The van der Waals surface area contributed by atoms with Crippen LogP contribution in [-0.2, 0) is 0 Å². The van der Waals surface area contributed by atoms with E-state index in [9.17, 15) is 0 Å². The zero-order valence-corrected chi connectivity index (χ0v) is 14.0. The Kier molecular flexibility index (Phi) is 4.70. The summed E-state index contributed by atoms with van der Waals surface area (Å²) in [7, 11) is 0. The van der Waals surface area contributed by atoms with E-state index in [1.807, 2.05) is 47.4 Å². The second kappa shape index (κ2) is 7.44. The van der Waals surface area contributed by atoms with Crippen LogP contribution in [0.25, 0.3) is 16.9 Å². The van der Waals surface area contributed by atoms with Crippen LogP contribution in [0.4, 0.5) is 0 Å². The minimum Gasteiger partial charge on any atom is -0.489 e. The van der Waals surface area contributed by atoms with E-state index in [4.69, 9.17) is 4.74 Å². The molecule has 3 aromatic rings. The lowest BCUT2D eigenvalue weighted by Crippen LogP contribution is -2.30. The number of nitrogens with one attached hydrogen (secondary N) is 1. The first kappa shape index (κ1) is 15.8. The average molecular weight is 335 g/mol. The van der Waals surface area contributed by atoms with Crippen LogP contribution >= 0.6 is 0 Å². The van der Waals surface area contributed by atoms with Crippen LogP contribution in [0.1, 0.15) is 12.8 Å². The third-order valence-electron chi connectivity index (χ3n) is 4.49. The Hall–Kier alpha value is -2.73. The van der Waals surface area contributed by atoms with Gasteiger partial charge in [0, 0.05) is 11.8 Å². The third kappa shape index (κ3) is 3.69. The van der Waals surface area contributed by atoms with Crippen molar-refractivity contribution in [3.05, 3.63) is 55.2 Å². The summed E-state index contributed by atoms with van der Waals surface area (Å²) >= 11 is 0. The first-order chi connectivity index (χ1) is 12.4. The first-order valence-electron chi connectivity index (χ1n) is 8.64. The lowest BCUT2D eigenvalue weighted by atomic mass is 9.99. The molecule has 1 N–H and O–H groups in total. The Morgan fingerprint density at radius 1 is 1.12 bits per heavy atom. The van der Waals surface area contributed by atoms with Crippen molar-refractivity contribution < 1.29 is 4.74 Å². The van der Waals surface area contributed by atoms with Gasteiger partial charge < -0.3 is 10.1 Å². The number of benzene rings is 1. The van der Waals surface area contributed by atoms with Crippen molar-refractivity contribution in [3.63, 3.8) is 0 Å². The van der Waals surface area contributed by atoms with Gasteiger partial charge in [0.15, 0.2) is 5.75 Å². The van der Waals surface area contributed by atoms with Crippen LogP contribution < -0.4 is 10.1 Å². The Labute approximate surface area is 146 Å². The molecule has 0 bridgehead atoms. The monoisotopic (exact) mass is 335 g/mol. The summed E-state index contributed by atoms with van der Waals surface area (Å²) in [6.07, 6.45) is 9.36. The molecule has 3 heterocycles. The van der Waals surface area contributed by atoms with Gasteiger partial charge in [0.2, 0.25) is 0 Å². The Morgan fingerprint density at radius 3 is 2.80 bits per heavy atom. The molecule has 1 aliphatic heterocycles. The second-order valence-electron chi connectivity index (χ2n) is 6.25. The van der Waals surface area contributed by atoms with Gasteiger partial charge in [-0.25, -0.2) is 14.6 Å². The maximum atomic E-state index is 6.06. The number of aromatic nitrogens is 4. The lowest BCUT2D eigenvalue weighted by Gasteiger charge is -2.22. The molecule has 1 aliphatic rings. The molecular formula is C19H21N5O. The van der Waals surface area contributed by atoms with Crippen LogP contribution in [0.2, 0.25) is 0 Å². The van der Waals surface area contributed by atoms with E-state index in [2.05, 4.69) is 20.4 Å². The molecule has 1 fully saturated rings. The van der Waals surface area contributed by atoms with Gasteiger partial charge in [-0.15, -0.1) is 0 Å². The minimum atomic E-state index is 0.585. The van der Waals surface area contributed by atoms with E-state index in [0.29, 0.717) is 18.3 Å². The fraction of sp³-hybridized carbons (Fsp3) is 0.316. The van der Waals surface area contributed by atoms with Crippen molar-refractivity contribution in [2.45, 2.75) is 12.8 Å². The van der Waals surface area contributed by atoms with Gasteiger partial charge in [0.05, 0.1) is 24.7 Å². The molecule has 0 aliphatic carbocycles.